The fraction of sp³-hybridized carbons (Fsp3) is 0.143. The van der Waals surface area contributed by atoms with Crippen molar-refractivity contribution in [2.24, 2.45) is 0 Å². The summed E-state index contributed by atoms with van der Waals surface area (Å²) in [4.78, 5) is 25.3. The maximum atomic E-state index is 12.0. The van der Waals surface area contributed by atoms with Gasteiger partial charge in [0, 0.05) is 12.1 Å². The molecule has 0 fully saturated rings. The fourth-order valence-electron chi connectivity index (χ4n) is 1.82. The Labute approximate surface area is 114 Å². The van der Waals surface area contributed by atoms with Crippen LogP contribution < -0.4 is 10.9 Å². The smallest absolute Gasteiger partial charge is 0.252 e. The van der Waals surface area contributed by atoms with Gasteiger partial charge in [-0.05, 0) is 5.56 Å². The number of hydrogen-bond donors (Lipinski definition) is 4. The Kier molecular flexibility index (Phi) is 4.17. The van der Waals surface area contributed by atoms with E-state index >= 15 is 0 Å². The molecule has 20 heavy (non-hydrogen) atoms. The van der Waals surface area contributed by atoms with Crippen molar-refractivity contribution < 1.29 is 15.0 Å². The van der Waals surface area contributed by atoms with Crippen LogP contribution in [0.4, 0.5) is 0 Å². The number of carbonyl (C=O) groups is 1. The number of pyridine rings is 1. The zero-order chi connectivity index (χ0) is 14.5. The van der Waals surface area contributed by atoms with Crippen molar-refractivity contribution in [3.63, 3.8) is 0 Å². The molecule has 0 aliphatic heterocycles. The minimum absolute atomic E-state index is 0.0284. The Morgan fingerprint density at radius 1 is 1.25 bits per heavy atom. The van der Waals surface area contributed by atoms with E-state index in [1.807, 2.05) is 6.07 Å². The number of H-pyrrole nitrogens is 1. The largest absolute Gasteiger partial charge is 0.494 e. The van der Waals surface area contributed by atoms with Crippen LogP contribution in [-0.4, -0.2) is 27.7 Å². The van der Waals surface area contributed by atoms with Crippen LogP contribution in [0, 0.1) is 0 Å². The predicted octanol–water partition coefficient (Wildman–Crippen LogP) is 0.544. The molecule has 6 nitrogen and oxygen atoms in total. The molecule has 4 N–H and O–H groups in total. The molecule has 0 saturated carbocycles. The van der Waals surface area contributed by atoms with Gasteiger partial charge in [-0.15, -0.1) is 0 Å². The van der Waals surface area contributed by atoms with Crippen LogP contribution in [0.5, 0.6) is 5.88 Å². The average molecular weight is 274 g/mol. The predicted molar refractivity (Wildman–Crippen MR) is 72.5 cm³/mol. The molecule has 1 aromatic heterocycles. The summed E-state index contributed by atoms with van der Waals surface area (Å²) in [6.45, 7) is -0.273. The summed E-state index contributed by atoms with van der Waals surface area (Å²) < 4.78 is 0. The molecule has 0 radical (unpaired) electrons. The Morgan fingerprint density at radius 2 is 1.95 bits per heavy atom. The minimum atomic E-state index is -0.579. The van der Waals surface area contributed by atoms with Crippen LogP contribution in [0.1, 0.15) is 22.0 Å². The van der Waals surface area contributed by atoms with Gasteiger partial charge in [0.05, 0.1) is 18.2 Å². The summed E-state index contributed by atoms with van der Waals surface area (Å²) in [6.07, 6.45) is 0. The quantitative estimate of drug-likeness (QED) is 0.653. The van der Waals surface area contributed by atoms with E-state index in [1.165, 1.54) is 0 Å². The van der Waals surface area contributed by atoms with Crippen molar-refractivity contribution in [3.05, 3.63) is 63.9 Å². The zero-order valence-corrected chi connectivity index (χ0v) is 10.5. The van der Waals surface area contributed by atoms with Crippen molar-refractivity contribution >= 4 is 5.91 Å². The van der Waals surface area contributed by atoms with Crippen LogP contribution >= 0.6 is 0 Å². The minimum Gasteiger partial charge on any atom is -0.494 e. The molecule has 0 bridgehead atoms. The fourth-order valence-corrected chi connectivity index (χ4v) is 1.82. The van der Waals surface area contributed by atoms with Gasteiger partial charge in [-0.1, -0.05) is 30.3 Å². The molecule has 0 aliphatic carbocycles. The van der Waals surface area contributed by atoms with E-state index < -0.39 is 17.5 Å². The van der Waals surface area contributed by atoms with Gasteiger partial charge < -0.3 is 15.5 Å². The molecular formula is C14H14N2O4. The third-order valence-corrected chi connectivity index (χ3v) is 2.78. The molecule has 1 amide bonds. The SMILES string of the molecule is O=C(NC(CO)c1ccccc1)c1cc(O)[nH]c(=O)c1. The number of aromatic nitrogens is 1. The highest BCUT2D eigenvalue weighted by Gasteiger charge is 2.15. The van der Waals surface area contributed by atoms with Crippen LogP contribution in [0.2, 0.25) is 0 Å². The van der Waals surface area contributed by atoms with Crippen LogP contribution in [0.3, 0.4) is 0 Å². The van der Waals surface area contributed by atoms with E-state index in [-0.39, 0.29) is 18.1 Å². The molecule has 2 aromatic rings. The first-order valence-electron chi connectivity index (χ1n) is 6.00. The number of carbonyl (C=O) groups excluding carboxylic acids is 1. The summed E-state index contributed by atoms with van der Waals surface area (Å²) in [5.74, 6) is -0.933. The maximum Gasteiger partial charge on any atom is 0.252 e. The molecule has 0 spiro atoms. The Hall–Kier alpha value is -2.60. The Morgan fingerprint density at radius 3 is 2.55 bits per heavy atom. The summed E-state index contributed by atoms with van der Waals surface area (Å²) in [7, 11) is 0. The second-order valence-corrected chi connectivity index (χ2v) is 4.24. The molecule has 104 valence electrons. The molecule has 1 heterocycles. The van der Waals surface area contributed by atoms with Crippen LogP contribution in [0.25, 0.3) is 0 Å². The Bertz CT molecular complexity index is 652. The van der Waals surface area contributed by atoms with E-state index in [2.05, 4.69) is 10.3 Å². The zero-order valence-electron chi connectivity index (χ0n) is 10.5. The summed E-state index contributed by atoms with van der Waals surface area (Å²) in [5.41, 5.74) is 0.202. The highest BCUT2D eigenvalue weighted by atomic mass is 16.3. The van der Waals surface area contributed by atoms with Gasteiger partial charge >= 0.3 is 0 Å². The normalized spacial score (nSPS) is 11.8. The van der Waals surface area contributed by atoms with Crippen molar-refractivity contribution in [2.75, 3.05) is 6.61 Å². The third kappa shape index (κ3) is 3.24. The van der Waals surface area contributed by atoms with Gasteiger partial charge in [-0.25, -0.2) is 0 Å². The standard InChI is InChI=1S/C14H14N2O4/c17-8-11(9-4-2-1-3-5-9)15-14(20)10-6-12(18)16-13(19)7-10/h1-7,11,17H,8H2,(H,15,20)(H2,16,18,19). The lowest BCUT2D eigenvalue weighted by Crippen LogP contribution is -2.31. The van der Waals surface area contributed by atoms with E-state index in [9.17, 15) is 19.8 Å². The maximum absolute atomic E-state index is 12.0. The van der Waals surface area contributed by atoms with Crippen molar-refractivity contribution in [1.29, 1.82) is 0 Å². The molecular weight excluding hydrogens is 260 g/mol. The number of aromatic amines is 1. The first kappa shape index (κ1) is 13.8. The summed E-state index contributed by atoms with van der Waals surface area (Å²) >= 11 is 0. The lowest BCUT2D eigenvalue weighted by molar-refractivity contribution is 0.0915. The van der Waals surface area contributed by atoms with Crippen LogP contribution in [-0.2, 0) is 0 Å². The molecule has 1 unspecified atom stereocenters. The number of aliphatic hydroxyl groups is 1. The van der Waals surface area contributed by atoms with E-state index in [1.54, 1.807) is 24.3 Å². The molecule has 2 rings (SSSR count). The Balaban J connectivity index is 2.19. The van der Waals surface area contributed by atoms with E-state index in [0.717, 1.165) is 17.7 Å². The van der Waals surface area contributed by atoms with Gasteiger partial charge in [0.1, 0.15) is 0 Å². The number of aromatic hydroxyl groups is 1. The van der Waals surface area contributed by atoms with Crippen molar-refractivity contribution in [2.45, 2.75) is 6.04 Å². The van der Waals surface area contributed by atoms with Gasteiger partial charge in [0.2, 0.25) is 0 Å². The number of rotatable bonds is 4. The van der Waals surface area contributed by atoms with E-state index in [4.69, 9.17) is 0 Å². The molecule has 0 saturated heterocycles. The molecule has 0 aliphatic rings. The third-order valence-electron chi connectivity index (χ3n) is 2.78. The summed E-state index contributed by atoms with van der Waals surface area (Å²) in [6, 6.07) is 10.6. The first-order chi connectivity index (χ1) is 9.60. The first-order valence-corrected chi connectivity index (χ1v) is 6.00. The van der Waals surface area contributed by atoms with Gasteiger partial charge in [-0.3, -0.25) is 14.6 Å². The topological polar surface area (TPSA) is 102 Å². The van der Waals surface area contributed by atoms with Crippen molar-refractivity contribution in [3.8, 4) is 5.88 Å². The number of hydrogen-bond acceptors (Lipinski definition) is 4. The van der Waals surface area contributed by atoms with Crippen LogP contribution in [0.15, 0.2) is 47.3 Å². The molecule has 6 heteroatoms. The highest BCUT2D eigenvalue weighted by Crippen LogP contribution is 2.13. The lowest BCUT2D eigenvalue weighted by Gasteiger charge is -2.16. The summed E-state index contributed by atoms with van der Waals surface area (Å²) in [5, 5.41) is 21.2. The number of benzene rings is 1. The second-order valence-electron chi connectivity index (χ2n) is 4.24. The average Bonchev–Trinajstić information content (AvgIpc) is 2.44. The monoisotopic (exact) mass is 274 g/mol. The number of amides is 1. The van der Waals surface area contributed by atoms with E-state index in [0.29, 0.717) is 0 Å². The highest BCUT2D eigenvalue weighted by molar-refractivity contribution is 5.94. The molecule has 1 aromatic carbocycles. The number of aliphatic hydroxyl groups excluding tert-OH is 1. The van der Waals surface area contributed by atoms with Gasteiger partial charge in [0.25, 0.3) is 11.5 Å². The lowest BCUT2D eigenvalue weighted by atomic mass is 10.1. The molecule has 1 atom stereocenters. The van der Waals surface area contributed by atoms with Gasteiger partial charge in [0.15, 0.2) is 5.88 Å². The number of nitrogens with one attached hydrogen (secondary N) is 2. The second kappa shape index (κ2) is 6.03. The van der Waals surface area contributed by atoms with Crippen molar-refractivity contribution in [1.82, 2.24) is 10.3 Å². The van der Waals surface area contributed by atoms with Gasteiger partial charge in [-0.2, -0.15) is 0 Å².